The van der Waals surface area contributed by atoms with Crippen molar-refractivity contribution in [1.29, 1.82) is 0 Å². The summed E-state index contributed by atoms with van der Waals surface area (Å²) in [6, 6.07) is 4.54. The van der Waals surface area contributed by atoms with Crippen LogP contribution in [-0.4, -0.2) is 51.6 Å². The third-order valence-corrected chi connectivity index (χ3v) is 12.0. The first-order chi connectivity index (χ1) is 16.9. The monoisotopic (exact) mass is 501 g/mol. The molecule has 2 spiro atoms. The molecular weight excluding hydrogens is 471 g/mol. The lowest BCUT2D eigenvalue weighted by Crippen LogP contribution is -2.72. The van der Waals surface area contributed by atoms with Crippen LogP contribution >= 0.6 is 0 Å². The van der Waals surface area contributed by atoms with Gasteiger partial charge in [0, 0.05) is 41.2 Å². The Balaban J connectivity index is 1.25. The molecule has 5 nitrogen and oxygen atoms in total. The molecule has 6 saturated carbocycles. The SMILES string of the molecule is C=C1[C@H]2C[C@H]3C4N5C[C@]6(C)CCC[C@]47[C@H]([C@H]2OC(=O)c2cccc(C(F)(F)F)c2)C3(C[C@]5(O)[C@H]67)[C@@H]1O. The normalized spacial score (nSPS) is 54.9. The number of ether oxygens (including phenoxy) is 1. The average molecular weight is 502 g/mol. The number of hydrogen-bond acceptors (Lipinski definition) is 5. The van der Waals surface area contributed by atoms with Gasteiger partial charge in [0.2, 0.25) is 0 Å². The second kappa shape index (κ2) is 6.05. The van der Waals surface area contributed by atoms with E-state index in [-0.39, 0.29) is 46.1 Å². The predicted molar refractivity (Wildman–Crippen MR) is 121 cm³/mol. The Labute approximate surface area is 207 Å². The van der Waals surface area contributed by atoms with Crippen molar-refractivity contribution >= 4 is 5.97 Å². The number of benzene rings is 1. The fourth-order valence-corrected chi connectivity index (χ4v) is 11.7. The Bertz CT molecular complexity index is 1250. The number of alkyl halides is 3. The van der Waals surface area contributed by atoms with Gasteiger partial charge in [0.1, 0.15) is 11.8 Å². The van der Waals surface area contributed by atoms with Crippen LogP contribution in [0.4, 0.5) is 13.2 Å². The zero-order valence-corrected chi connectivity index (χ0v) is 20.1. The maximum Gasteiger partial charge on any atom is 0.416 e. The van der Waals surface area contributed by atoms with Crippen LogP contribution in [0.1, 0.15) is 54.9 Å². The summed E-state index contributed by atoms with van der Waals surface area (Å²) < 4.78 is 46.1. The number of rotatable bonds is 2. The summed E-state index contributed by atoms with van der Waals surface area (Å²) in [4.78, 5) is 15.7. The molecular formula is C28H30F3NO4. The number of piperidine rings is 2. The number of fused-ring (bicyclic) bond motifs is 1. The van der Waals surface area contributed by atoms with Crippen LogP contribution < -0.4 is 0 Å². The quantitative estimate of drug-likeness (QED) is 0.474. The first-order valence-corrected chi connectivity index (χ1v) is 13.1. The third kappa shape index (κ3) is 2.05. The summed E-state index contributed by atoms with van der Waals surface area (Å²) in [6.45, 7) is 7.35. The summed E-state index contributed by atoms with van der Waals surface area (Å²) >= 11 is 0. The Morgan fingerprint density at radius 1 is 1.25 bits per heavy atom. The van der Waals surface area contributed by atoms with Crippen LogP contribution in [0.15, 0.2) is 36.4 Å². The molecule has 9 fully saturated rings. The van der Waals surface area contributed by atoms with Crippen LogP contribution in [0.5, 0.6) is 0 Å². The highest BCUT2D eigenvalue weighted by molar-refractivity contribution is 5.89. The van der Waals surface area contributed by atoms with Crippen molar-refractivity contribution in [1.82, 2.24) is 4.90 Å². The Morgan fingerprint density at radius 3 is 2.78 bits per heavy atom. The van der Waals surface area contributed by atoms with E-state index in [1.807, 2.05) is 0 Å². The minimum Gasteiger partial charge on any atom is -0.458 e. The largest absolute Gasteiger partial charge is 0.458 e. The molecule has 3 aliphatic heterocycles. The van der Waals surface area contributed by atoms with E-state index in [1.165, 1.54) is 12.1 Å². The number of nitrogens with zero attached hydrogens (tertiary/aromatic N) is 1. The zero-order chi connectivity index (χ0) is 25.2. The molecule has 192 valence electrons. The van der Waals surface area contributed by atoms with Crippen LogP contribution in [0.3, 0.4) is 0 Å². The number of halogens is 3. The first kappa shape index (κ1) is 22.1. The van der Waals surface area contributed by atoms with Gasteiger partial charge >= 0.3 is 12.1 Å². The van der Waals surface area contributed by atoms with Gasteiger partial charge in [-0.15, -0.1) is 0 Å². The fourth-order valence-electron chi connectivity index (χ4n) is 11.7. The summed E-state index contributed by atoms with van der Waals surface area (Å²) in [7, 11) is 0. The lowest BCUT2D eigenvalue weighted by molar-refractivity contribution is -0.271. The maximum atomic E-state index is 13.4. The van der Waals surface area contributed by atoms with E-state index in [4.69, 9.17) is 4.74 Å². The molecule has 9 aliphatic rings. The minimum atomic E-state index is -4.55. The van der Waals surface area contributed by atoms with Crippen molar-refractivity contribution in [3.8, 4) is 0 Å². The molecule has 1 aromatic rings. The molecule has 10 rings (SSSR count). The van der Waals surface area contributed by atoms with Crippen LogP contribution in [0.25, 0.3) is 0 Å². The predicted octanol–water partition coefficient (Wildman–Crippen LogP) is 4.00. The maximum absolute atomic E-state index is 13.4. The Hall–Kier alpha value is -1.90. The minimum absolute atomic E-state index is 0.0284. The van der Waals surface area contributed by atoms with E-state index >= 15 is 0 Å². The second-order valence-electron chi connectivity index (χ2n) is 13.1. The van der Waals surface area contributed by atoms with Crippen LogP contribution in [0, 0.1) is 39.9 Å². The zero-order valence-electron chi connectivity index (χ0n) is 20.1. The highest BCUT2D eigenvalue weighted by atomic mass is 19.4. The van der Waals surface area contributed by atoms with Gasteiger partial charge in [0.05, 0.1) is 17.2 Å². The summed E-state index contributed by atoms with van der Waals surface area (Å²) in [5.41, 5.74) is -2.22. The lowest BCUT2D eigenvalue weighted by atomic mass is 9.39. The van der Waals surface area contributed by atoms with Gasteiger partial charge in [-0.2, -0.15) is 13.2 Å². The first-order valence-electron chi connectivity index (χ1n) is 13.1. The lowest BCUT2D eigenvalue weighted by Gasteiger charge is -2.67. The molecule has 6 aliphatic carbocycles. The van der Waals surface area contributed by atoms with E-state index in [9.17, 15) is 28.2 Å². The van der Waals surface area contributed by atoms with E-state index < -0.39 is 41.1 Å². The molecule has 3 saturated heterocycles. The number of hydrogen-bond donors (Lipinski definition) is 2. The van der Waals surface area contributed by atoms with Gasteiger partial charge in [-0.05, 0) is 60.8 Å². The van der Waals surface area contributed by atoms with E-state index in [0.29, 0.717) is 12.0 Å². The topological polar surface area (TPSA) is 70.0 Å². The van der Waals surface area contributed by atoms with Gasteiger partial charge in [0.15, 0.2) is 0 Å². The molecule has 9 bridgehead atoms. The molecule has 0 radical (unpaired) electrons. The number of aliphatic hydroxyl groups excluding tert-OH is 1. The van der Waals surface area contributed by atoms with Gasteiger partial charge in [-0.25, -0.2) is 4.79 Å². The van der Waals surface area contributed by atoms with Gasteiger partial charge in [-0.1, -0.05) is 26.0 Å². The molecule has 1 aromatic carbocycles. The molecule has 8 heteroatoms. The van der Waals surface area contributed by atoms with Crippen molar-refractivity contribution < 1.29 is 32.9 Å². The standard InChI is InChI=1S/C28H30F3NO4/c1-13-16-10-17-20-25-8-4-7-24(2)12-32(20)27(35,23(24)25)11-26(17,21(13)33)19(25)18(16)36-22(34)14-5-3-6-15(9-14)28(29,30)31/h3,5-6,9,16-21,23,33,35H,1,4,7-8,10-12H2,2H3/t16-,17+,18+,19+,20?,21-,23-,24+,25+,26?,27+/m1/s1. The van der Waals surface area contributed by atoms with E-state index in [0.717, 1.165) is 44.4 Å². The van der Waals surface area contributed by atoms with Crippen molar-refractivity contribution in [2.45, 2.75) is 69.2 Å². The van der Waals surface area contributed by atoms with Crippen molar-refractivity contribution in [3.63, 3.8) is 0 Å². The van der Waals surface area contributed by atoms with E-state index in [2.05, 4.69) is 18.4 Å². The molecule has 2 N–H and O–H groups in total. The summed E-state index contributed by atoms with van der Waals surface area (Å²) in [6.07, 6.45) is -1.71. The van der Waals surface area contributed by atoms with Gasteiger partial charge in [0.25, 0.3) is 0 Å². The second-order valence-corrected chi connectivity index (χ2v) is 13.1. The van der Waals surface area contributed by atoms with Crippen LogP contribution in [-0.2, 0) is 10.9 Å². The van der Waals surface area contributed by atoms with Crippen LogP contribution in [0.2, 0.25) is 0 Å². The highest BCUT2D eigenvalue weighted by Gasteiger charge is 2.93. The molecule has 0 aromatic heterocycles. The van der Waals surface area contributed by atoms with E-state index in [1.54, 1.807) is 0 Å². The molecule has 0 amide bonds. The average Bonchev–Trinajstić information content (AvgIpc) is 3.18. The molecule has 12 atom stereocenters. The van der Waals surface area contributed by atoms with Crippen molar-refractivity contribution in [3.05, 3.63) is 47.5 Å². The van der Waals surface area contributed by atoms with Gasteiger partial charge < -0.3 is 14.9 Å². The third-order valence-electron chi connectivity index (χ3n) is 12.0. The highest BCUT2D eigenvalue weighted by Crippen LogP contribution is 2.89. The fraction of sp³-hybridized carbons (Fsp3) is 0.679. The van der Waals surface area contributed by atoms with Crippen molar-refractivity contribution in [2.75, 3.05) is 6.54 Å². The van der Waals surface area contributed by atoms with Gasteiger partial charge in [-0.3, -0.25) is 4.90 Å². The Morgan fingerprint density at radius 2 is 2.03 bits per heavy atom. The molecule has 36 heavy (non-hydrogen) atoms. The summed E-state index contributed by atoms with van der Waals surface area (Å²) in [5, 5.41) is 23.8. The molecule has 3 heterocycles. The molecule has 3 unspecified atom stereocenters. The Kier molecular flexibility index (Phi) is 3.72. The number of carbonyl (C=O) groups is 1. The summed E-state index contributed by atoms with van der Waals surface area (Å²) in [5.74, 6) is -0.878. The smallest absolute Gasteiger partial charge is 0.416 e. The van der Waals surface area contributed by atoms with Crippen molar-refractivity contribution in [2.24, 2.45) is 39.9 Å². The number of aliphatic hydroxyl groups is 2. The number of esters is 1. The number of carbonyl (C=O) groups excluding carboxylic acids is 1.